The average molecular weight is 377 g/mol. The molecule has 28 heavy (non-hydrogen) atoms. The molecule has 0 radical (unpaired) electrons. The summed E-state index contributed by atoms with van der Waals surface area (Å²) in [4.78, 5) is 16.9. The van der Waals surface area contributed by atoms with E-state index in [1.54, 1.807) is 32.5 Å². The molecule has 0 saturated heterocycles. The number of amides is 1. The highest BCUT2D eigenvalue weighted by atomic mass is 16.5. The minimum Gasteiger partial charge on any atom is -0.493 e. The summed E-state index contributed by atoms with van der Waals surface area (Å²) in [6.45, 7) is 0.494. The van der Waals surface area contributed by atoms with Crippen molar-refractivity contribution in [3.63, 3.8) is 0 Å². The maximum atomic E-state index is 12.6. The van der Waals surface area contributed by atoms with E-state index in [9.17, 15) is 4.79 Å². The zero-order valence-electron chi connectivity index (χ0n) is 15.9. The smallest absolute Gasteiger partial charge is 0.255 e. The lowest BCUT2D eigenvalue weighted by atomic mass is 10.1. The van der Waals surface area contributed by atoms with Crippen LogP contribution in [0.1, 0.15) is 15.9 Å². The normalized spacial score (nSPS) is 10.2. The van der Waals surface area contributed by atoms with Gasteiger partial charge in [-0.2, -0.15) is 0 Å². The molecule has 0 aliphatic heterocycles. The first-order valence-electron chi connectivity index (χ1n) is 8.97. The number of pyridine rings is 1. The molecule has 0 atom stereocenters. The number of hydrogen-bond donors (Lipinski definition) is 2. The molecule has 0 saturated carbocycles. The van der Waals surface area contributed by atoms with Crippen molar-refractivity contribution >= 4 is 17.4 Å². The average Bonchev–Trinajstić information content (AvgIpc) is 2.74. The Morgan fingerprint density at radius 1 is 0.964 bits per heavy atom. The lowest BCUT2D eigenvalue weighted by Gasteiger charge is -2.12. The van der Waals surface area contributed by atoms with E-state index in [0.717, 1.165) is 11.3 Å². The Bertz CT molecular complexity index is 929. The highest BCUT2D eigenvalue weighted by molar-refractivity contribution is 5.99. The Morgan fingerprint density at radius 2 is 1.75 bits per heavy atom. The van der Waals surface area contributed by atoms with Gasteiger partial charge in [0.2, 0.25) is 0 Å². The van der Waals surface area contributed by atoms with E-state index in [4.69, 9.17) is 9.47 Å². The summed E-state index contributed by atoms with van der Waals surface area (Å²) in [5.41, 5.74) is 2.42. The summed E-state index contributed by atoms with van der Waals surface area (Å²) < 4.78 is 10.6. The molecule has 3 rings (SSSR count). The maximum absolute atomic E-state index is 12.6. The summed E-state index contributed by atoms with van der Waals surface area (Å²) in [6.07, 6.45) is 2.33. The van der Waals surface area contributed by atoms with Gasteiger partial charge in [-0.3, -0.25) is 4.79 Å². The number of nitrogens with one attached hydrogen (secondary N) is 2. The van der Waals surface area contributed by atoms with Gasteiger partial charge in [-0.15, -0.1) is 0 Å². The van der Waals surface area contributed by atoms with Crippen LogP contribution in [0.2, 0.25) is 0 Å². The molecule has 0 fully saturated rings. The molecule has 0 spiro atoms. The van der Waals surface area contributed by atoms with Crippen LogP contribution < -0.4 is 20.1 Å². The van der Waals surface area contributed by atoms with Gasteiger partial charge in [0, 0.05) is 18.4 Å². The Hall–Kier alpha value is -3.54. The second kappa shape index (κ2) is 9.41. The van der Waals surface area contributed by atoms with Gasteiger partial charge in [0.1, 0.15) is 5.82 Å². The lowest BCUT2D eigenvalue weighted by Crippen LogP contribution is -2.26. The van der Waals surface area contributed by atoms with Gasteiger partial charge < -0.3 is 20.1 Å². The van der Waals surface area contributed by atoms with Crippen molar-refractivity contribution in [2.24, 2.45) is 0 Å². The van der Waals surface area contributed by atoms with Crippen LogP contribution in [-0.4, -0.2) is 31.7 Å². The number of aromatic nitrogens is 1. The van der Waals surface area contributed by atoms with Crippen molar-refractivity contribution in [1.29, 1.82) is 0 Å². The number of methoxy groups -OCH3 is 2. The zero-order chi connectivity index (χ0) is 19.8. The number of anilines is 2. The summed E-state index contributed by atoms with van der Waals surface area (Å²) in [6, 6.07) is 18.9. The number of rotatable bonds is 8. The van der Waals surface area contributed by atoms with E-state index in [-0.39, 0.29) is 5.91 Å². The maximum Gasteiger partial charge on any atom is 0.255 e. The number of hydrogen-bond acceptors (Lipinski definition) is 5. The van der Waals surface area contributed by atoms with E-state index in [1.165, 1.54) is 0 Å². The third-order valence-corrected chi connectivity index (χ3v) is 4.24. The Labute approximate surface area is 164 Å². The molecule has 2 aromatic carbocycles. The Balaban J connectivity index is 1.63. The third-order valence-electron chi connectivity index (χ3n) is 4.24. The SMILES string of the molecule is COc1ccc(CCNC(=O)c2cccnc2Nc2ccccc2)cc1OC. The molecule has 1 amide bonds. The van der Waals surface area contributed by atoms with Gasteiger partial charge in [-0.05, 0) is 48.4 Å². The van der Waals surface area contributed by atoms with Crippen LogP contribution in [-0.2, 0) is 6.42 Å². The molecular weight excluding hydrogens is 354 g/mol. The number of carbonyl (C=O) groups excluding carboxylic acids is 1. The van der Waals surface area contributed by atoms with Gasteiger partial charge in [-0.1, -0.05) is 24.3 Å². The molecule has 0 bridgehead atoms. The second-order valence-corrected chi connectivity index (χ2v) is 6.09. The number of ether oxygens (including phenoxy) is 2. The molecule has 6 heteroatoms. The molecule has 0 aliphatic rings. The molecular formula is C22H23N3O3. The molecule has 3 aromatic rings. The van der Waals surface area contributed by atoms with Crippen LogP contribution in [0.25, 0.3) is 0 Å². The molecule has 6 nitrogen and oxygen atoms in total. The van der Waals surface area contributed by atoms with E-state index >= 15 is 0 Å². The summed E-state index contributed by atoms with van der Waals surface area (Å²) in [7, 11) is 3.21. The van der Waals surface area contributed by atoms with Crippen molar-refractivity contribution in [2.45, 2.75) is 6.42 Å². The number of nitrogens with zero attached hydrogens (tertiary/aromatic N) is 1. The minimum absolute atomic E-state index is 0.174. The summed E-state index contributed by atoms with van der Waals surface area (Å²) in [5, 5.41) is 6.14. The number of benzene rings is 2. The Morgan fingerprint density at radius 3 is 2.50 bits per heavy atom. The molecule has 0 aliphatic carbocycles. The standard InChI is InChI=1S/C22H23N3O3/c1-27-19-11-10-16(15-20(19)28-2)12-14-24-22(26)18-9-6-13-23-21(18)25-17-7-4-3-5-8-17/h3-11,13,15H,12,14H2,1-2H3,(H,23,25)(H,24,26). The van der Waals surface area contributed by atoms with Crippen LogP contribution in [0.3, 0.4) is 0 Å². The van der Waals surface area contributed by atoms with Crippen molar-refractivity contribution < 1.29 is 14.3 Å². The quantitative estimate of drug-likeness (QED) is 0.624. The van der Waals surface area contributed by atoms with Gasteiger partial charge in [0.05, 0.1) is 19.8 Å². The lowest BCUT2D eigenvalue weighted by molar-refractivity contribution is 0.0954. The van der Waals surface area contributed by atoms with Crippen molar-refractivity contribution in [1.82, 2.24) is 10.3 Å². The van der Waals surface area contributed by atoms with Gasteiger partial charge >= 0.3 is 0 Å². The van der Waals surface area contributed by atoms with Crippen LogP contribution in [0.5, 0.6) is 11.5 Å². The molecule has 144 valence electrons. The fourth-order valence-corrected chi connectivity index (χ4v) is 2.80. The fraction of sp³-hybridized carbons (Fsp3) is 0.182. The van der Waals surface area contributed by atoms with Crippen molar-refractivity contribution in [3.05, 3.63) is 78.0 Å². The van der Waals surface area contributed by atoms with Crippen LogP contribution in [0.4, 0.5) is 11.5 Å². The van der Waals surface area contributed by atoms with Gasteiger partial charge in [-0.25, -0.2) is 4.98 Å². The fourth-order valence-electron chi connectivity index (χ4n) is 2.80. The first kappa shape index (κ1) is 19.2. The highest BCUT2D eigenvalue weighted by Gasteiger charge is 2.12. The third kappa shape index (κ3) is 4.79. The van der Waals surface area contributed by atoms with E-state index < -0.39 is 0 Å². The van der Waals surface area contributed by atoms with Crippen LogP contribution >= 0.6 is 0 Å². The second-order valence-electron chi connectivity index (χ2n) is 6.09. The van der Waals surface area contributed by atoms with Gasteiger partial charge in [0.15, 0.2) is 11.5 Å². The molecule has 1 aromatic heterocycles. The molecule has 0 unspecified atom stereocenters. The van der Waals surface area contributed by atoms with Crippen molar-refractivity contribution in [3.8, 4) is 11.5 Å². The van der Waals surface area contributed by atoms with E-state index in [2.05, 4.69) is 15.6 Å². The van der Waals surface area contributed by atoms with Gasteiger partial charge in [0.25, 0.3) is 5.91 Å². The first-order valence-corrected chi connectivity index (χ1v) is 8.97. The first-order chi connectivity index (χ1) is 13.7. The predicted molar refractivity (Wildman–Crippen MR) is 110 cm³/mol. The molecule has 1 heterocycles. The predicted octanol–water partition coefficient (Wildman–Crippen LogP) is 3.81. The van der Waals surface area contributed by atoms with E-state index in [1.807, 2.05) is 48.5 Å². The summed E-state index contributed by atoms with van der Waals surface area (Å²) in [5.74, 6) is 1.71. The van der Waals surface area contributed by atoms with Crippen LogP contribution in [0, 0.1) is 0 Å². The topological polar surface area (TPSA) is 72.5 Å². The molecule has 2 N–H and O–H groups in total. The zero-order valence-corrected chi connectivity index (χ0v) is 15.9. The van der Waals surface area contributed by atoms with Crippen LogP contribution in [0.15, 0.2) is 66.9 Å². The highest BCUT2D eigenvalue weighted by Crippen LogP contribution is 2.27. The Kier molecular flexibility index (Phi) is 6.46. The van der Waals surface area contributed by atoms with E-state index in [0.29, 0.717) is 35.8 Å². The number of para-hydroxylation sites is 1. The summed E-state index contributed by atoms with van der Waals surface area (Å²) >= 11 is 0. The minimum atomic E-state index is -0.174. The largest absolute Gasteiger partial charge is 0.493 e. The van der Waals surface area contributed by atoms with Crippen molar-refractivity contribution in [2.75, 3.05) is 26.1 Å². The monoisotopic (exact) mass is 377 g/mol. The number of carbonyl (C=O) groups is 1.